The SMILES string of the molecule is CCN(C)C(=O)c1cccc(C(=O)N2CCC(C)C(O)C2)c1. The molecule has 1 aliphatic heterocycles. The fourth-order valence-electron chi connectivity index (χ4n) is 2.57. The number of aliphatic hydroxyl groups excluding tert-OH is 1. The molecule has 2 rings (SSSR count). The van der Waals surface area contributed by atoms with Crippen molar-refractivity contribution in [1.29, 1.82) is 0 Å². The molecule has 5 heteroatoms. The van der Waals surface area contributed by atoms with Gasteiger partial charge >= 0.3 is 0 Å². The highest BCUT2D eigenvalue weighted by Gasteiger charge is 2.28. The molecule has 1 fully saturated rings. The van der Waals surface area contributed by atoms with Gasteiger partial charge in [0.1, 0.15) is 0 Å². The summed E-state index contributed by atoms with van der Waals surface area (Å²) in [7, 11) is 1.74. The third kappa shape index (κ3) is 3.47. The fraction of sp³-hybridized carbons (Fsp3) is 0.529. The second-order valence-electron chi connectivity index (χ2n) is 5.98. The third-order valence-electron chi connectivity index (χ3n) is 4.38. The molecule has 5 nitrogen and oxygen atoms in total. The largest absolute Gasteiger partial charge is 0.391 e. The quantitative estimate of drug-likeness (QED) is 0.923. The topological polar surface area (TPSA) is 60.9 Å². The Morgan fingerprint density at radius 1 is 1.36 bits per heavy atom. The molecule has 1 aromatic rings. The monoisotopic (exact) mass is 304 g/mol. The lowest BCUT2D eigenvalue weighted by atomic mass is 9.95. The lowest BCUT2D eigenvalue weighted by Crippen LogP contribution is -2.45. The summed E-state index contributed by atoms with van der Waals surface area (Å²) in [6, 6.07) is 6.81. The minimum absolute atomic E-state index is 0.0931. The van der Waals surface area contributed by atoms with Crippen molar-refractivity contribution in [3.63, 3.8) is 0 Å². The third-order valence-corrected chi connectivity index (χ3v) is 4.38. The standard InChI is InChI=1S/C17H24N2O3/c1-4-18(3)16(21)13-6-5-7-14(10-13)17(22)19-9-8-12(2)15(20)11-19/h5-7,10,12,15,20H,4,8-9,11H2,1-3H3. The van der Waals surface area contributed by atoms with E-state index in [0.29, 0.717) is 30.8 Å². The molecule has 0 aliphatic carbocycles. The van der Waals surface area contributed by atoms with Crippen LogP contribution < -0.4 is 0 Å². The van der Waals surface area contributed by atoms with Gasteiger partial charge in [-0.2, -0.15) is 0 Å². The Bertz CT molecular complexity index is 559. The first kappa shape index (κ1) is 16.5. The van der Waals surface area contributed by atoms with Crippen molar-refractivity contribution in [2.75, 3.05) is 26.7 Å². The van der Waals surface area contributed by atoms with Crippen LogP contribution >= 0.6 is 0 Å². The predicted molar refractivity (Wildman–Crippen MR) is 84.8 cm³/mol. The maximum absolute atomic E-state index is 12.6. The van der Waals surface area contributed by atoms with Crippen molar-refractivity contribution < 1.29 is 14.7 Å². The summed E-state index contributed by atoms with van der Waals surface area (Å²) < 4.78 is 0. The number of likely N-dealkylation sites (tertiary alicyclic amines) is 1. The molecule has 1 aromatic carbocycles. The average Bonchev–Trinajstić information content (AvgIpc) is 2.55. The molecule has 2 unspecified atom stereocenters. The van der Waals surface area contributed by atoms with Gasteiger partial charge < -0.3 is 14.9 Å². The van der Waals surface area contributed by atoms with E-state index < -0.39 is 6.10 Å². The molecule has 1 aliphatic rings. The molecule has 120 valence electrons. The van der Waals surface area contributed by atoms with Crippen molar-refractivity contribution in [2.45, 2.75) is 26.4 Å². The summed E-state index contributed by atoms with van der Waals surface area (Å²) >= 11 is 0. The Balaban J connectivity index is 2.15. The van der Waals surface area contributed by atoms with Crippen LogP contribution in [0.2, 0.25) is 0 Å². The lowest BCUT2D eigenvalue weighted by Gasteiger charge is -2.34. The number of piperidine rings is 1. The van der Waals surface area contributed by atoms with Gasteiger partial charge in [0, 0.05) is 37.8 Å². The highest BCUT2D eigenvalue weighted by Crippen LogP contribution is 2.19. The zero-order chi connectivity index (χ0) is 16.3. The molecule has 1 N–H and O–H groups in total. The van der Waals surface area contributed by atoms with Crippen LogP contribution in [0.5, 0.6) is 0 Å². The van der Waals surface area contributed by atoms with Gasteiger partial charge in [-0.05, 0) is 37.5 Å². The smallest absolute Gasteiger partial charge is 0.253 e. The molecule has 1 saturated heterocycles. The number of carbonyl (C=O) groups is 2. The molecular weight excluding hydrogens is 280 g/mol. The van der Waals surface area contributed by atoms with Crippen molar-refractivity contribution in [2.24, 2.45) is 5.92 Å². The Morgan fingerprint density at radius 2 is 2.05 bits per heavy atom. The maximum atomic E-state index is 12.6. The summed E-state index contributed by atoms with van der Waals surface area (Å²) in [5.41, 5.74) is 1.01. The number of benzene rings is 1. The minimum Gasteiger partial charge on any atom is -0.391 e. The van der Waals surface area contributed by atoms with E-state index >= 15 is 0 Å². The Morgan fingerprint density at radius 3 is 2.68 bits per heavy atom. The maximum Gasteiger partial charge on any atom is 0.253 e. The van der Waals surface area contributed by atoms with E-state index in [9.17, 15) is 14.7 Å². The van der Waals surface area contributed by atoms with Crippen molar-refractivity contribution >= 4 is 11.8 Å². The van der Waals surface area contributed by atoms with E-state index in [2.05, 4.69) is 0 Å². The Labute approximate surface area is 131 Å². The van der Waals surface area contributed by atoms with E-state index in [0.717, 1.165) is 6.42 Å². The number of β-amino-alcohol motifs (C(OH)–C–C–N with tert-alkyl or cyclic N) is 1. The number of nitrogens with zero attached hydrogens (tertiary/aromatic N) is 2. The van der Waals surface area contributed by atoms with E-state index in [4.69, 9.17) is 0 Å². The van der Waals surface area contributed by atoms with Crippen LogP contribution in [0.25, 0.3) is 0 Å². The number of amides is 2. The van der Waals surface area contributed by atoms with Crippen LogP contribution in [0.4, 0.5) is 0 Å². The van der Waals surface area contributed by atoms with Crippen molar-refractivity contribution in [3.8, 4) is 0 Å². The zero-order valence-electron chi connectivity index (χ0n) is 13.5. The molecule has 0 spiro atoms. The summed E-state index contributed by atoms with van der Waals surface area (Å²) in [6.07, 6.45) is 0.318. The van der Waals surface area contributed by atoms with Crippen LogP contribution in [0.3, 0.4) is 0 Å². The number of aliphatic hydroxyl groups is 1. The van der Waals surface area contributed by atoms with Crippen LogP contribution in [0.1, 0.15) is 41.0 Å². The normalized spacial score (nSPS) is 21.5. The van der Waals surface area contributed by atoms with Gasteiger partial charge in [0.15, 0.2) is 0 Å². The number of carbonyl (C=O) groups excluding carboxylic acids is 2. The first-order chi connectivity index (χ1) is 10.4. The molecule has 0 aromatic heterocycles. The Kier molecular flexibility index (Phi) is 5.19. The fourth-order valence-corrected chi connectivity index (χ4v) is 2.57. The van der Waals surface area contributed by atoms with Gasteiger partial charge in [-0.3, -0.25) is 9.59 Å². The lowest BCUT2D eigenvalue weighted by molar-refractivity contribution is 0.0248. The van der Waals surface area contributed by atoms with Crippen molar-refractivity contribution in [3.05, 3.63) is 35.4 Å². The number of hydrogen-bond donors (Lipinski definition) is 1. The van der Waals surface area contributed by atoms with Crippen LogP contribution in [-0.2, 0) is 0 Å². The second-order valence-corrected chi connectivity index (χ2v) is 5.98. The van der Waals surface area contributed by atoms with Gasteiger partial charge in [0.25, 0.3) is 11.8 Å². The molecule has 1 heterocycles. The van der Waals surface area contributed by atoms with Gasteiger partial charge in [0.2, 0.25) is 0 Å². The minimum atomic E-state index is -0.478. The van der Waals surface area contributed by atoms with E-state index in [-0.39, 0.29) is 17.7 Å². The van der Waals surface area contributed by atoms with E-state index in [1.165, 1.54) is 0 Å². The molecule has 0 radical (unpaired) electrons. The molecular formula is C17H24N2O3. The van der Waals surface area contributed by atoms with Crippen LogP contribution in [-0.4, -0.2) is 59.5 Å². The summed E-state index contributed by atoms with van der Waals surface area (Å²) in [5, 5.41) is 9.94. The predicted octanol–water partition coefficient (Wildman–Crippen LogP) is 1.62. The summed E-state index contributed by atoms with van der Waals surface area (Å²) in [5.74, 6) is -0.000585. The molecule has 22 heavy (non-hydrogen) atoms. The van der Waals surface area contributed by atoms with Crippen LogP contribution in [0.15, 0.2) is 24.3 Å². The van der Waals surface area contributed by atoms with Gasteiger partial charge in [0.05, 0.1) is 6.10 Å². The van der Waals surface area contributed by atoms with Gasteiger partial charge in [-0.25, -0.2) is 0 Å². The molecule has 0 saturated carbocycles. The molecule has 0 bridgehead atoms. The van der Waals surface area contributed by atoms with Crippen molar-refractivity contribution in [1.82, 2.24) is 9.80 Å². The number of rotatable bonds is 3. The highest BCUT2D eigenvalue weighted by atomic mass is 16.3. The van der Waals surface area contributed by atoms with Gasteiger partial charge in [-0.15, -0.1) is 0 Å². The zero-order valence-corrected chi connectivity index (χ0v) is 13.5. The van der Waals surface area contributed by atoms with Gasteiger partial charge in [-0.1, -0.05) is 13.0 Å². The summed E-state index contributed by atoms with van der Waals surface area (Å²) in [6.45, 7) is 5.51. The first-order valence-corrected chi connectivity index (χ1v) is 7.77. The van der Waals surface area contributed by atoms with E-state index in [1.54, 1.807) is 41.1 Å². The number of hydrogen-bond acceptors (Lipinski definition) is 3. The highest BCUT2D eigenvalue weighted by molar-refractivity contribution is 5.99. The first-order valence-electron chi connectivity index (χ1n) is 7.77. The van der Waals surface area contributed by atoms with Crippen LogP contribution in [0, 0.1) is 5.92 Å². The molecule has 2 atom stereocenters. The Hall–Kier alpha value is -1.88. The molecule has 2 amide bonds. The second kappa shape index (κ2) is 6.92. The van der Waals surface area contributed by atoms with E-state index in [1.807, 2.05) is 13.8 Å². The summed E-state index contributed by atoms with van der Waals surface area (Å²) in [4.78, 5) is 28.0. The average molecular weight is 304 g/mol.